The van der Waals surface area contributed by atoms with Crippen molar-refractivity contribution in [3.8, 4) is 0 Å². The number of halogens is 1. The van der Waals surface area contributed by atoms with Gasteiger partial charge in [-0.3, -0.25) is 0 Å². The van der Waals surface area contributed by atoms with Gasteiger partial charge in [-0.1, -0.05) is 34.1 Å². The molecule has 0 heterocycles. The highest BCUT2D eigenvalue weighted by Crippen LogP contribution is 2.16. The van der Waals surface area contributed by atoms with Gasteiger partial charge in [0.15, 0.2) is 0 Å². The van der Waals surface area contributed by atoms with Crippen LogP contribution in [0, 0.1) is 5.92 Å². The predicted octanol–water partition coefficient (Wildman–Crippen LogP) is 3.45. The van der Waals surface area contributed by atoms with E-state index in [1.807, 2.05) is 24.3 Å². The second-order valence-electron chi connectivity index (χ2n) is 4.18. The van der Waals surface area contributed by atoms with E-state index in [-0.39, 0.29) is 17.8 Å². The smallest absolute Gasteiger partial charge is 0.0717 e. The summed E-state index contributed by atoms with van der Waals surface area (Å²) in [5, 5.41) is 9.25. The molecule has 2 atom stereocenters. The van der Waals surface area contributed by atoms with Gasteiger partial charge in [0.25, 0.3) is 0 Å². The molecule has 18 heavy (non-hydrogen) atoms. The second-order valence-corrected chi connectivity index (χ2v) is 5.75. The third-order valence-corrected chi connectivity index (χ3v) is 3.82. The summed E-state index contributed by atoms with van der Waals surface area (Å²) in [5.74, 6) is 0.107. The van der Waals surface area contributed by atoms with E-state index in [0.717, 1.165) is 16.5 Å². The molecule has 0 bridgehead atoms. The van der Waals surface area contributed by atoms with Crippen LogP contribution in [0.2, 0.25) is 0 Å². The molecule has 0 aliphatic rings. The second kappa shape index (κ2) is 8.75. The normalized spacial score (nSPS) is 14.2. The first kappa shape index (κ1) is 15.8. The lowest BCUT2D eigenvalue weighted by Crippen LogP contribution is -2.23. The summed E-state index contributed by atoms with van der Waals surface area (Å²) in [6.07, 6.45) is 2.56. The molecule has 1 aromatic carbocycles. The highest BCUT2D eigenvalue weighted by molar-refractivity contribution is 9.10. The van der Waals surface area contributed by atoms with Gasteiger partial charge in [-0.25, -0.2) is 0 Å². The van der Waals surface area contributed by atoms with Gasteiger partial charge in [0.1, 0.15) is 0 Å². The maximum absolute atomic E-state index is 9.22. The highest BCUT2D eigenvalue weighted by atomic mass is 79.9. The molecule has 0 saturated carbocycles. The number of rotatable bonds is 8. The first-order valence-corrected chi connectivity index (χ1v) is 7.20. The standard InChI is InChI=1S/C14H19BrO2S/c1-2-3-12(8-16)14(18)10-17-9-11-4-6-13(15)7-5-11/h2,4-7,12,14,16,18H,1,3,8-10H2/t12-,14-/m1/s1. The van der Waals surface area contributed by atoms with Crippen molar-refractivity contribution in [3.63, 3.8) is 0 Å². The minimum atomic E-state index is 0.0310. The Labute approximate surface area is 123 Å². The Balaban J connectivity index is 2.32. The fraction of sp³-hybridized carbons (Fsp3) is 0.429. The Morgan fingerprint density at radius 2 is 2.06 bits per heavy atom. The first-order chi connectivity index (χ1) is 8.67. The molecular formula is C14H19BrO2S. The number of aliphatic hydroxyl groups excluding tert-OH is 1. The number of ether oxygens (including phenoxy) is 1. The van der Waals surface area contributed by atoms with Gasteiger partial charge in [-0.15, -0.1) is 6.58 Å². The number of aliphatic hydroxyl groups is 1. The van der Waals surface area contributed by atoms with E-state index in [1.165, 1.54) is 0 Å². The van der Waals surface area contributed by atoms with Crippen LogP contribution in [-0.4, -0.2) is 23.6 Å². The summed E-state index contributed by atoms with van der Waals surface area (Å²) in [6, 6.07) is 8.02. The number of thiol groups is 1. The zero-order valence-corrected chi connectivity index (χ0v) is 12.7. The summed E-state index contributed by atoms with van der Waals surface area (Å²) < 4.78 is 6.67. The summed E-state index contributed by atoms with van der Waals surface area (Å²) in [7, 11) is 0. The minimum Gasteiger partial charge on any atom is -0.396 e. The largest absolute Gasteiger partial charge is 0.396 e. The molecule has 4 heteroatoms. The highest BCUT2D eigenvalue weighted by Gasteiger charge is 2.15. The summed E-state index contributed by atoms with van der Waals surface area (Å²) in [5.41, 5.74) is 1.13. The molecule has 100 valence electrons. The maximum Gasteiger partial charge on any atom is 0.0717 e. The maximum atomic E-state index is 9.22. The van der Waals surface area contributed by atoms with Crippen LogP contribution in [0.3, 0.4) is 0 Å². The average molecular weight is 331 g/mol. The van der Waals surface area contributed by atoms with E-state index in [4.69, 9.17) is 4.74 Å². The molecule has 1 rings (SSSR count). The van der Waals surface area contributed by atoms with Gasteiger partial charge in [-0.2, -0.15) is 12.6 Å². The number of benzene rings is 1. The zero-order chi connectivity index (χ0) is 13.4. The molecule has 0 radical (unpaired) electrons. The van der Waals surface area contributed by atoms with Crippen molar-refractivity contribution in [1.82, 2.24) is 0 Å². The molecular weight excluding hydrogens is 312 g/mol. The quantitative estimate of drug-likeness (QED) is 0.564. The van der Waals surface area contributed by atoms with Crippen LogP contribution in [-0.2, 0) is 11.3 Å². The van der Waals surface area contributed by atoms with Crippen LogP contribution in [0.1, 0.15) is 12.0 Å². The van der Waals surface area contributed by atoms with Gasteiger partial charge in [0, 0.05) is 16.3 Å². The SMILES string of the molecule is C=CC[C@H](CO)[C@H](S)COCc1ccc(Br)cc1. The molecule has 0 saturated heterocycles. The van der Waals surface area contributed by atoms with Gasteiger partial charge < -0.3 is 9.84 Å². The minimum absolute atomic E-state index is 0.0310. The number of hydrogen-bond acceptors (Lipinski definition) is 3. The molecule has 0 aromatic heterocycles. The van der Waals surface area contributed by atoms with Crippen LogP contribution < -0.4 is 0 Å². The van der Waals surface area contributed by atoms with Crippen LogP contribution >= 0.6 is 28.6 Å². The Kier molecular flexibility index (Phi) is 7.66. The molecule has 2 nitrogen and oxygen atoms in total. The van der Waals surface area contributed by atoms with Gasteiger partial charge in [-0.05, 0) is 30.0 Å². The van der Waals surface area contributed by atoms with Gasteiger partial charge in [0.2, 0.25) is 0 Å². The zero-order valence-electron chi connectivity index (χ0n) is 10.3. The fourth-order valence-electron chi connectivity index (χ4n) is 1.58. The van der Waals surface area contributed by atoms with E-state index >= 15 is 0 Å². The van der Waals surface area contributed by atoms with Gasteiger partial charge >= 0.3 is 0 Å². The first-order valence-electron chi connectivity index (χ1n) is 5.89. The van der Waals surface area contributed by atoms with Crippen LogP contribution in [0.5, 0.6) is 0 Å². The molecule has 1 N–H and O–H groups in total. The van der Waals surface area contributed by atoms with E-state index < -0.39 is 0 Å². The molecule has 0 aliphatic heterocycles. The Hall–Kier alpha value is -0.290. The molecule has 0 amide bonds. The van der Waals surface area contributed by atoms with E-state index in [2.05, 4.69) is 35.1 Å². The van der Waals surface area contributed by atoms with Crippen LogP contribution in [0.25, 0.3) is 0 Å². The molecule has 0 spiro atoms. The van der Waals surface area contributed by atoms with Crippen LogP contribution in [0.15, 0.2) is 41.4 Å². The van der Waals surface area contributed by atoms with Crippen molar-refractivity contribution in [1.29, 1.82) is 0 Å². The predicted molar refractivity (Wildman–Crippen MR) is 82.0 cm³/mol. The Morgan fingerprint density at radius 1 is 1.39 bits per heavy atom. The third kappa shape index (κ3) is 5.57. The summed E-state index contributed by atoms with van der Waals surface area (Å²) >= 11 is 7.85. The third-order valence-electron chi connectivity index (χ3n) is 2.72. The Morgan fingerprint density at radius 3 is 2.61 bits per heavy atom. The molecule has 0 aliphatic carbocycles. The molecule has 1 aromatic rings. The van der Waals surface area contributed by atoms with Crippen molar-refractivity contribution < 1.29 is 9.84 Å². The summed E-state index contributed by atoms with van der Waals surface area (Å²) in [6.45, 7) is 4.88. The summed E-state index contributed by atoms with van der Waals surface area (Å²) in [4.78, 5) is 0. The number of allylic oxidation sites excluding steroid dienone is 1. The van der Waals surface area contributed by atoms with Crippen molar-refractivity contribution in [2.45, 2.75) is 18.3 Å². The lowest BCUT2D eigenvalue weighted by atomic mass is 10.0. The molecule has 0 unspecified atom stereocenters. The lowest BCUT2D eigenvalue weighted by Gasteiger charge is -2.19. The van der Waals surface area contributed by atoms with Crippen molar-refractivity contribution in [2.24, 2.45) is 5.92 Å². The van der Waals surface area contributed by atoms with Crippen molar-refractivity contribution in [2.75, 3.05) is 13.2 Å². The van der Waals surface area contributed by atoms with E-state index in [9.17, 15) is 5.11 Å². The topological polar surface area (TPSA) is 29.5 Å². The monoisotopic (exact) mass is 330 g/mol. The fourth-order valence-corrected chi connectivity index (χ4v) is 2.17. The lowest BCUT2D eigenvalue weighted by molar-refractivity contribution is 0.101. The van der Waals surface area contributed by atoms with E-state index in [1.54, 1.807) is 6.08 Å². The average Bonchev–Trinajstić information content (AvgIpc) is 2.38. The van der Waals surface area contributed by atoms with Crippen LogP contribution in [0.4, 0.5) is 0 Å². The molecule has 0 fully saturated rings. The number of hydrogen-bond donors (Lipinski definition) is 2. The van der Waals surface area contributed by atoms with E-state index in [0.29, 0.717) is 13.2 Å². The van der Waals surface area contributed by atoms with Crippen molar-refractivity contribution in [3.05, 3.63) is 47.0 Å². The van der Waals surface area contributed by atoms with Gasteiger partial charge in [0.05, 0.1) is 13.2 Å². The van der Waals surface area contributed by atoms with Crippen molar-refractivity contribution >= 4 is 28.6 Å². The Bertz CT molecular complexity index is 353.